The van der Waals surface area contributed by atoms with Crippen LogP contribution in [0, 0.1) is 0 Å². The Hall–Kier alpha value is 0.244. The van der Waals surface area contributed by atoms with E-state index in [0.717, 1.165) is 0 Å². The first-order chi connectivity index (χ1) is 12.5. The molecule has 3 nitrogen and oxygen atoms in total. The van der Waals surface area contributed by atoms with Crippen molar-refractivity contribution in [3.63, 3.8) is 0 Å². The Labute approximate surface area is 177 Å². The molecule has 0 aromatic rings. The van der Waals surface area contributed by atoms with Gasteiger partial charge in [-0.2, -0.15) is 0 Å². The molecule has 0 aliphatic rings. The standard InChI is InChI=1S/C22H49FO3Si2/c1-17(2)27(18(3)4,19(5)6)25-16-14-20(13-15-24)26-28(23,21(7,8)9)22(10,11)12/h17-20,24H,13-16H2,1-12H3. The van der Waals surface area contributed by atoms with Crippen molar-refractivity contribution in [3.8, 4) is 0 Å². The van der Waals surface area contributed by atoms with E-state index < -0.39 is 27.0 Å². The van der Waals surface area contributed by atoms with Crippen molar-refractivity contribution >= 4 is 17.0 Å². The van der Waals surface area contributed by atoms with Gasteiger partial charge in [0.05, 0.1) is 6.10 Å². The Kier molecular flexibility index (Phi) is 10.6. The van der Waals surface area contributed by atoms with E-state index >= 15 is 4.11 Å². The predicted octanol–water partition coefficient (Wildman–Crippen LogP) is 7.35. The van der Waals surface area contributed by atoms with Gasteiger partial charge in [-0.25, -0.2) is 0 Å². The monoisotopic (exact) mass is 436 g/mol. The fourth-order valence-electron chi connectivity index (χ4n) is 4.98. The molecule has 1 N–H and O–H groups in total. The summed E-state index contributed by atoms with van der Waals surface area (Å²) in [5, 5.41) is 8.47. The minimum absolute atomic E-state index is 0.00451. The van der Waals surface area contributed by atoms with Crippen LogP contribution in [0.25, 0.3) is 0 Å². The van der Waals surface area contributed by atoms with Crippen molar-refractivity contribution < 1.29 is 18.1 Å². The number of hydrogen-bond donors (Lipinski definition) is 1. The van der Waals surface area contributed by atoms with Gasteiger partial charge in [0.2, 0.25) is 0 Å². The molecule has 0 aliphatic heterocycles. The van der Waals surface area contributed by atoms with E-state index in [9.17, 15) is 5.11 Å². The summed E-state index contributed by atoms with van der Waals surface area (Å²) in [4.78, 5) is 0. The summed E-state index contributed by atoms with van der Waals surface area (Å²) in [5.74, 6) is 0. The van der Waals surface area contributed by atoms with Gasteiger partial charge in [-0.1, -0.05) is 83.1 Å². The minimum Gasteiger partial charge on any atom is -0.416 e. The molecule has 0 heterocycles. The molecule has 0 rings (SSSR count). The molecule has 0 amide bonds. The van der Waals surface area contributed by atoms with Crippen LogP contribution in [0.5, 0.6) is 0 Å². The average Bonchev–Trinajstić information content (AvgIpc) is 2.48. The summed E-state index contributed by atoms with van der Waals surface area (Å²) in [6.07, 6.45) is 0.776. The third kappa shape index (κ3) is 6.37. The van der Waals surface area contributed by atoms with Crippen LogP contribution in [0.3, 0.4) is 0 Å². The quantitative estimate of drug-likeness (QED) is 0.272. The van der Waals surface area contributed by atoms with Gasteiger partial charge in [0.15, 0.2) is 8.32 Å². The van der Waals surface area contributed by atoms with E-state index in [2.05, 4.69) is 41.5 Å². The summed E-state index contributed by atoms with van der Waals surface area (Å²) in [6, 6.07) is 0. The smallest absolute Gasteiger partial charge is 0.394 e. The summed E-state index contributed by atoms with van der Waals surface area (Å²) >= 11 is 0. The van der Waals surface area contributed by atoms with Gasteiger partial charge in [0, 0.05) is 23.3 Å². The molecule has 0 aliphatic carbocycles. The third-order valence-electron chi connectivity index (χ3n) is 6.21. The van der Waals surface area contributed by atoms with E-state index in [-0.39, 0.29) is 12.7 Å². The molecule has 0 saturated heterocycles. The van der Waals surface area contributed by atoms with E-state index in [1.807, 2.05) is 41.5 Å². The van der Waals surface area contributed by atoms with Crippen molar-refractivity contribution in [2.45, 2.75) is 129 Å². The van der Waals surface area contributed by atoms with Crippen LogP contribution < -0.4 is 0 Å². The molecule has 0 aromatic carbocycles. The second-order valence-corrected chi connectivity index (χ2v) is 21.2. The lowest BCUT2D eigenvalue weighted by Gasteiger charge is -2.46. The fourth-order valence-corrected chi connectivity index (χ4v) is 14.1. The summed E-state index contributed by atoms with van der Waals surface area (Å²) in [7, 11) is -5.52. The molecule has 28 heavy (non-hydrogen) atoms. The van der Waals surface area contributed by atoms with Gasteiger partial charge >= 0.3 is 8.65 Å². The second kappa shape index (κ2) is 10.5. The molecular weight excluding hydrogens is 387 g/mol. The molecule has 6 heteroatoms. The van der Waals surface area contributed by atoms with Crippen molar-refractivity contribution in [2.24, 2.45) is 0 Å². The molecule has 0 bridgehead atoms. The van der Waals surface area contributed by atoms with Crippen molar-refractivity contribution in [1.82, 2.24) is 0 Å². The first-order valence-electron chi connectivity index (χ1n) is 11.1. The number of halogens is 1. The van der Waals surface area contributed by atoms with Crippen LogP contribution in [0.15, 0.2) is 0 Å². The zero-order valence-corrected chi connectivity index (χ0v) is 22.8. The lowest BCUT2D eigenvalue weighted by molar-refractivity contribution is 0.0853. The van der Waals surface area contributed by atoms with Crippen LogP contribution in [-0.4, -0.2) is 41.4 Å². The highest BCUT2D eigenvalue weighted by atomic mass is 28.4. The maximum Gasteiger partial charge on any atom is 0.394 e. The van der Waals surface area contributed by atoms with Crippen molar-refractivity contribution in [3.05, 3.63) is 0 Å². The molecule has 0 aromatic heterocycles. The maximum atomic E-state index is 16.2. The largest absolute Gasteiger partial charge is 0.416 e. The van der Waals surface area contributed by atoms with Crippen molar-refractivity contribution in [2.75, 3.05) is 13.2 Å². The minimum atomic E-state index is -3.57. The first kappa shape index (κ1) is 28.2. The topological polar surface area (TPSA) is 38.7 Å². The predicted molar refractivity (Wildman–Crippen MR) is 124 cm³/mol. The molecule has 0 spiro atoms. The molecule has 0 saturated carbocycles. The van der Waals surface area contributed by atoms with E-state index in [0.29, 0.717) is 36.1 Å². The molecular formula is C22H49FO3Si2. The van der Waals surface area contributed by atoms with Crippen LogP contribution >= 0.6 is 0 Å². The number of aliphatic hydroxyl groups excluding tert-OH is 1. The highest BCUT2D eigenvalue weighted by Crippen LogP contribution is 2.53. The molecule has 1 unspecified atom stereocenters. The molecule has 0 radical (unpaired) electrons. The molecule has 1 atom stereocenters. The number of rotatable bonds is 11. The van der Waals surface area contributed by atoms with Crippen LogP contribution in [-0.2, 0) is 8.85 Å². The summed E-state index contributed by atoms with van der Waals surface area (Å²) in [6.45, 7) is 25.8. The van der Waals surface area contributed by atoms with Gasteiger partial charge < -0.3 is 14.0 Å². The number of hydrogen-bond acceptors (Lipinski definition) is 3. The van der Waals surface area contributed by atoms with Crippen LogP contribution in [0.4, 0.5) is 4.11 Å². The Balaban J connectivity index is 5.43. The zero-order chi connectivity index (χ0) is 22.6. The first-order valence-corrected chi connectivity index (χ1v) is 15.0. The van der Waals surface area contributed by atoms with Gasteiger partial charge in [0.1, 0.15) is 0 Å². The highest BCUT2D eigenvalue weighted by Gasteiger charge is 2.58. The maximum absolute atomic E-state index is 16.2. The Morgan fingerprint density at radius 2 is 1.18 bits per heavy atom. The van der Waals surface area contributed by atoms with E-state index in [1.54, 1.807) is 0 Å². The third-order valence-corrected chi connectivity index (χ3v) is 16.8. The van der Waals surface area contributed by atoms with Gasteiger partial charge in [-0.05, 0) is 29.5 Å². The van der Waals surface area contributed by atoms with Gasteiger partial charge in [0.25, 0.3) is 0 Å². The Morgan fingerprint density at radius 1 is 0.786 bits per heavy atom. The lowest BCUT2D eigenvalue weighted by atomic mass is 10.2. The normalized spacial score (nSPS) is 15.8. The SMILES string of the molecule is CC(C)[Si](OCCC(CCO)O[Si](F)(C(C)(C)C)C(C)(C)C)(C(C)C)C(C)C. The van der Waals surface area contributed by atoms with Gasteiger partial charge in [-0.3, -0.25) is 4.11 Å². The summed E-state index contributed by atoms with van der Waals surface area (Å²) < 4.78 is 29.1. The zero-order valence-electron chi connectivity index (χ0n) is 20.8. The van der Waals surface area contributed by atoms with Crippen LogP contribution in [0.1, 0.15) is 95.9 Å². The fraction of sp³-hybridized carbons (Fsp3) is 1.00. The highest BCUT2D eigenvalue weighted by molar-refractivity contribution is 6.77. The average molecular weight is 437 g/mol. The molecule has 0 fully saturated rings. The Bertz CT molecular complexity index is 418. The van der Waals surface area contributed by atoms with Crippen molar-refractivity contribution in [1.29, 1.82) is 0 Å². The molecule has 170 valence electrons. The number of aliphatic hydroxyl groups is 1. The lowest BCUT2D eigenvalue weighted by Crippen LogP contribution is -2.53. The van der Waals surface area contributed by atoms with E-state index in [4.69, 9.17) is 8.85 Å². The van der Waals surface area contributed by atoms with E-state index in [1.165, 1.54) is 0 Å². The summed E-state index contributed by atoms with van der Waals surface area (Å²) in [5.41, 5.74) is 1.55. The van der Waals surface area contributed by atoms with Crippen LogP contribution in [0.2, 0.25) is 26.7 Å². The second-order valence-electron chi connectivity index (χ2n) is 11.3. The van der Waals surface area contributed by atoms with Gasteiger partial charge in [-0.15, -0.1) is 0 Å². The Morgan fingerprint density at radius 3 is 1.46 bits per heavy atom.